The molecule has 0 bridgehead atoms. The summed E-state index contributed by atoms with van der Waals surface area (Å²) in [6, 6.07) is 18.7. The Morgan fingerprint density at radius 2 is 1.73 bits per heavy atom. The summed E-state index contributed by atoms with van der Waals surface area (Å²) < 4.78 is 5.24. The minimum atomic E-state index is 0.253. The van der Waals surface area contributed by atoms with E-state index < -0.39 is 0 Å². The Labute approximate surface area is 131 Å². The average Bonchev–Trinajstić information content (AvgIpc) is 2.62. The van der Waals surface area contributed by atoms with Crippen molar-refractivity contribution in [1.82, 2.24) is 0 Å². The van der Waals surface area contributed by atoms with E-state index in [1.807, 2.05) is 18.2 Å². The van der Waals surface area contributed by atoms with Crippen LogP contribution in [0.3, 0.4) is 0 Å². The first-order valence-electron chi connectivity index (χ1n) is 7.66. The standard InChI is InChI=1S/C20H20O2/c1-22-18-10-8-17(9-11-18)19-12-7-15(14-21)13-20(19)16-5-3-2-4-6-16/h2-6,8-11,13-14,19-20H,7,12H2,1H3. The molecule has 0 saturated carbocycles. The lowest BCUT2D eigenvalue weighted by Crippen LogP contribution is -2.15. The quantitative estimate of drug-likeness (QED) is 0.777. The van der Waals surface area contributed by atoms with E-state index in [1.165, 1.54) is 11.1 Å². The molecule has 0 spiro atoms. The fourth-order valence-corrected chi connectivity index (χ4v) is 3.26. The maximum atomic E-state index is 11.2. The Morgan fingerprint density at radius 3 is 2.36 bits per heavy atom. The molecule has 0 N–H and O–H groups in total. The molecule has 2 nitrogen and oxygen atoms in total. The van der Waals surface area contributed by atoms with Crippen molar-refractivity contribution in [2.45, 2.75) is 24.7 Å². The Morgan fingerprint density at radius 1 is 1.00 bits per heavy atom. The third-order valence-corrected chi connectivity index (χ3v) is 4.45. The summed E-state index contributed by atoms with van der Waals surface area (Å²) in [4.78, 5) is 11.2. The number of allylic oxidation sites excluding steroid dienone is 2. The minimum absolute atomic E-state index is 0.253. The van der Waals surface area contributed by atoms with Gasteiger partial charge >= 0.3 is 0 Å². The van der Waals surface area contributed by atoms with Gasteiger partial charge in [0.1, 0.15) is 12.0 Å². The third kappa shape index (κ3) is 2.96. The Bertz CT molecular complexity index is 656. The number of rotatable bonds is 4. The van der Waals surface area contributed by atoms with Crippen molar-refractivity contribution in [3.63, 3.8) is 0 Å². The summed E-state index contributed by atoms with van der Waals surface area (Å²) in [5.41, 5.74) is 3.48. The molecule has 0 aromatic heterocycles. The van der Waals surface area contributed by atoms with Gasteiger partial charge in [-0.05, 0) is 47.6 Å². The monoisotopic (exact) mass is 292 g/mol. The molecule has 3 rings (SSSR count). The Hall–Kier alpha value is -2.35. The molecule has 0 radical (unpaired) electrons. The lowest BCUT2D eigenvalue weighted by Gasteiger charge is -2.30. The van der Waals surface area contributed by atoms with Crippen molar-refractivity contribution in [2.24, 2.45) is 0 Å². The van der Waals surface area contributed by atoms with Gasteiger partial charge in [-0.3, -0.25) is 4.79 Å². The van der Waals surface area contributed by atoms with Crippen LogP contribution in [0.2, 0.25) is 0 Å². The highest BCUT2D eigenvalue weighted by Gasteiger charge is 2.27. The maximum Gasteiger partial charge on any atom is 0.145 e. The summed E-state index contributed by atoms with van der Waals surface area (Å²) in [6.07, 6.45) is 4.99. The number of hydrogen-bond donors (Lipinski definition) is 0. The zero-order valence-electron chi connectivity index (χ0n) is 12.7. The second-order valence-corrected chi connectivity index (χ2v) is 5.71. The molecule has 2 aromatic carbocycles. The maximum absolute atomic E-state index is 11.2. The zero-order chi connectivity index (χ0) is 15.4. The van der Waals surface area contributed by atoms with E-state index in [-0.39, 0.29) is 5.92 Å². The van der Waals surface area contributed by atoms with Crippen molar-refractivity contribution < 1.29 is 9.53 Å². The van der Waals surface area contributed by atoms with E-state index in [0.29, 0.717) is 5.92 Å². The highest BCUT2D eigenvalue weighted by molar-refractivity contribution is 5.74. The van der Waals surface area contributed by atoms with Gasteiger partial charge < -0.3 is 4.74 Å². The van der Waals surface area contributed by atoms with Crippen LogP contribution in [-0.2, 0) is 4.79 Å². The molecule has 0 saturated heterocycles. The van der Waals surface area contributed by atoms with Crippen LogP contribution in [0.25, 0.3) is 0 Å². The molecule has 112 valence electrons. The molecule has 0 fully saturated rings. The van der Waals surface area contributed by atoms with Gasteiger partial charge in [-0.25, -0.2) is 0 Å². The normalized spacial score (nSPS) is 21.0. The highest BCUT2D eigenvalue weighted by atomic mass is 16.5. The van der Waals surface area contributed by atoms with Crippen molar-refractivity contribution in [1.29, 1.82) is 0 Å². The van der Waals surface area contributed by atoms with Crippen molar-refractivity contribution in [2.75, 3.05) is 7.11 Å². The second-order valence-electron chi connectivity index (χ2n) is 5.71. The molecule has 2 atom stereocenters. The summed E-state index contributed by atoms with van der Waals surface area (Å²) in [5.74, 6) is 1.53. The molecule has 2 aromatic rings. The number of hydrogen-bond acceptors (Lipinski definition) is 2. The van der Waals surface area contributed by atoms with Crippen LogP contribution in [-0.4, -0.2) is 13.4 Å². The van der Waals surface area contributed by atoms with Gasteiger partial charge in [0.25, 0.3) is 0 Å². The fourth-order valence-electron chi connectivity index (χ4n) is 3.26. The van der Waals surface area contributed by atoms with Crippen molar-refractivity contribution in [3.05, 3.63) is 77.4 Å². The first-order valence-corrected chi connectivity index (χ1v) is 7.66. The number of benzene rings is 2. The smallest absolute Gasteiger partial charge is 0.145 e. The fraction of sp³-hybridized carbons (Fsp3) is 0.250. The molecular weight excluding hydrogens is 272 g/mol. The van der Waals surface area contributed by atoms with E-state index in [1.54, 1.807) is 7.11 Å². The number of ether oxygens (including phenoxy) is 1. The summed E-state index contributed by atoms with van der Waals surface area (Å²) >= 11 is 0. The van der Waals surface area contributed by atoms with Crippen LogP contribution in [0.1, 0.15) is 35.8 Å². The number of carbonyl (C=O) groups excluding carboxylic acids is 1. The van der Waals surface area contributed by atoms with Gasteiger partial charge in [0.15, 0.2) is 0 Å². The van der Waals surface area contributed by atoms with Gasteiger partial charge in [-0.15, -0.1) is 0 Å². The summed E-state index contributed by atoms with van der Waals surface area (Å²) in [6.45, 7) is 0. The van der Waals surface area contributed by atoms with Crippen LogP contribution >= 0.6 is 0 Å². The van der Waals surface area contributed by atoms with E-state index >= 15 is 0 Å². The van der Waals surface area contributed by atoms with Gasteiger partial charge in [-0.2, -0.15) is 0 Å². The van der Waals surface area contributed by atoms with Crippen molar-refractivity contribution in [3.8, 4) is 5.75 Å². The molecule has 0 aliphatic heterocycles. The average molecular weight is 292 g/mol. The molecule has 1 aliphatic rings. The predicted octanol–water partition coefficient (Wildman–Crippen LogP) is 4.48. The minimum Gasteiger partial charge on any atom is -0.497 e. The highest BCUT2D eigenvalue weighted by Crippen LogP contribution is 2.42. The van der Waals surface area contributed by atoms with Gasteiger partial charge in [0.2, 0.25) is 0 Å². The number of aldehydes is 1. The summed E-state index contributed by atoms with van der Waals surface area (Å²) in [7, 11) is 1.68. The van der Waals surface area contributed by atoms with Gasteiger partial charge in [0, 0.05) is 5.92 Å². The van der Waals surface area contributed by atoms with Crippen LogP contribution in [0.15, 0.2) is 66.2 Å². The molecule has 0 heterocycles. The van der Waals surface area contributed by atoms with Gasteiger partial charge in [-0.1, -0.05) is 48.5 Å². The third-order valence-electron chi connectivity index (χ3n) is 4.45. The topological polar surface area (TPSA) is 26.3 Å². The van der Waals surface area contributed by atoms with Crippen LogP contribution < -0.4 is 4.74 Å². The summed E-state index contributed by atoms with van der Waals surface area (Å²) in [5, 5.41) is 0. The molecule has 2 heteroatoms. The lowest BCUT2D eigenvalue weighted by molar-refractivity contribution is -0.105. The first kappa shape index (κ1) is 14.6. The molecule has 22 heavy (non-hydrogen) atoms. The molecule has 0 amide bonds. The van der Waals surface area contributed by atoms with E-state index in [9.17, 15) is 4.79 Å². The second kappa shape index (κ2) is 6.61. The number of methoxy groups -OCH3 is 1. The van der Waals surface area contributed by atoms with Crippen molar-refractivity contribution >= 4 is 6.29 Å². The Balaban J connectivity index is 1.97. The predicted molar refractivity (Wildman–Crippen MR) is 88.3 cm³/mol. The van der Waals surface area contributed by atoms with Gasteiger partial charge in [0.05, 0.1) is 7.11 Å². The largest absolute Gasteiger partial charge is 0.497 e. The lowest BCUT2D eigenvalue weighted by atomic mass is 9.74. The molecule has 1 aliphatic carbocycles. The number of carbonyl (C=O) groups is 1. The van der Waals surface area contributed by atoms with E-state index in [0.717, 1.165) is 30.5 Å². The first-order chi connectivity index (χ1) is 10.8. The Kier molecular flexibility index (Phi) is 4.38. The zero-order valence-corrected chi connectivity index (χ0v) is 12.7. The van der Waals surface area contributed by atoms with Crippen LogP contribution in [0.4, 0.5) is 0 Å². The molecular formula is C20H20O2. The van der Waals surface area contributed by atoms with E-state index in [4.69, 9.17) is 4.74 Å². The molecule has 2 unspecified atom stereocenters. The van der Waals surface area contributed by atoms with Crippen LogP contribution in [0.5, 0.6) is 5.75 Å². The van der Waals surface area contributed by atoms with E-state index in [2.05, 4.69) is 42.5 Å². The van der Waals surface area contributed by atoms with Crippen LogP contribution in [0, 0.1) is 0 Å². The SMILES string of the molecule is COc1ccc(C2CCC(C=O)=CC2c2ccccc2)cc1.